The number of hydrogen-bond acceptors (Lipinski definition) is 2. The maximum Gasteiger partial charge on any atom is 0.0761 e. The summed E-state index contributed by atoms with van der Waals surface area (Å²) in [5, 5.41) is 11.0. The van der Waals surface area contributed by atoms with Gasteiger partial charge < -0.3 is 10.8 Å². The van der Waals surface area contributed by atoms with Crippen LogP contribution in [-0.2, 0) is 0 Å². The standard InChI is InChI=1S/C13H17BrClNO/c14-11-7-9(15)5-6-10(11)12(16)13(17)8-3-1-2-4-8/h5-8,12-13,17H,1-4,16H2/t12-,13+/m1/s1. The first-order valence-corrected chi connectivity index (χ1v) is 7.15. The third-order valence-corrected chi connectivity index (χ3v) is 4.49. The van der Waals surface area contributed by atoms with E-state index in [1.165, 1.54) is 12.8 Å². The molecule has 0 radical (unpaired) electrons. The van der Waals surface area contributed by atoms with E-state index in [4.69, 9.17) is 17.3 Å². The third kappa shape index (κ3) is 3.02. The molecule has 1 fully saturated rings. The molecule has 2 rings (SSSR count). The van der Waals surface area contributed by atoms with Gasteiger partial charge >= 0.3 is 0 Å². The highest BCUT2D eigenvalue weighted by Gasteiger charge is 2.29. The highest BCUT2D eigenvalue weighted by molar-refractivity contribution is 9.10. The van der Waals surface area contributed by atoms with Crippen molar-refractivity contribution in [3.05, 3.63) is 33.3 Å². The fourth-order valence-corrected chi connectivity index (χ4v) is 3.49. The van der Waals surface area contributed by atoms with Crippen LogP contribution in [0, 0.1) is 5.92 Å². The molecule has 0 aliphatic heterocycles. The Balaban J connectivity index is 2.15. The monoisotopic (exact) mass is 317 g/mol. The van der Waals surface area contributed by atoms with Gasteiger partial charge in [-0.1, -0.05) is 46.4 Å². The van der Waals surface area contributed by atoms with Crippen LogP contribution in [0.1, 0.15) is 37.3 Å². The molecule has 0 unspecified atom stereocenters. The molecule has 94 valence electrons. The van der Waals surface area contributed by atoms with Gasteiger partial charge in [-0.15, -0.1) is 0 Å². The molecular weight excluding hydrogens is 302 g/mol. The normalized spacial score (nSPS) is 20.5. The van der Waals surface area contributed by atoms with Crippen LogP contribution in [0.3, 0.4) is 0 Å². The van der Waals surface area contributed by atoms with Crippen molar-refractivity contribution >= 4 is 27.5 Å². The Morgan fingerprint density at radius 1 is 1.35 bits per heavy atom. The maximum absolute atomic E-state index is 10.3. The summed E-state index contributed by atoms with van der Waals surface area (Å²) in [4.78, 5) is 0. The zero-order valence-electron chi connectivity index (χ0n) is 9.57. The number of benzene rings is 1. The van der Waals surface area contributed by atoms with Gasteiger partial charge in [0, 0.05) is 9.50 Å². The van der Waals surface area contributed by atoms with Gasteiger partial charge in [0.15, 0.2) is 0 Å². The van der Waals surface area contributed by atoms with Crippen molar-refractivity contribution in [2.75, 3.05) is 0 Å². The average molecular weight is 319 g/mol. The van der Waals surface area contributed by atoms with Crippen molar-refractivity contribution in [2.45, 2.75) is 37.8 Å². The van der Waals surface area contributed by atoms with Gasteiger partial charge in [0.25, 0.3) is 0 Å². The Bertz CT molecular complexity index is 393. The molecule has 3 N–H and O–H groups in total. The van der Waals surface area contributed by atoms with E-state index in [9.17, 15) is 5.11 Å². The Morgan fingerprint density at radius 2 is 2.00 bits per heavy atom. The summed E-state index contributed by atoms with van der Waals surface area (Å²) in [6, 6.07) is 5.17. The third-order valence-electron chi connectivity index (χ3n) is 3.57. The molecule has 2 atom stereocenters. The summed E-state index contributed by atoms with van der Waals surface area (Å²) in [6.45, 7) is 0. The minimum atomic E-state index is -0.463. The van der Waals surface area contributed by atoms with Gasteiger partial charge in [0.1, 0.15) is 0 Å². The zero-order valence-corrected chi connectivity index (χ0v) is 11.9. The zero-order chi connectivity index (χ0) is 12.4. The Labute approximate surface area is 115 Å². The van der Waals surface area contributed by atoms with Gasteiger partial charge in [-0.2, -0.15) is 0 Å². The van der Waals surface area contributed by atoms with Gasteiger partial charge in [-0.25, -0.2) is 0 Å². The number of nitrogens with two attached hydrogens (primary N) is 1. The maximum atomic E-state index is 10.3. The van der Waals surface area contributed by atoms with E-state index in [0.717, 1.165) is 22.9 Å². The van der Waals surface area contributed by atoms with Crippen LogP contribution < -0.4 is 5.73 Å². The van der Waals surface area contributed by atoms with Crippen LogP contribution in [-0.4, -0.2) is 11.2 Å². The molecule has 17 heavy (non-hydrogen) atoms. The van der Waals surface area contributed by atoms with Crippen molar-refractivity contribution in [3.63, 3.8) is 0 Å². The number of aliphatic hydroxyl groups excluding tert-OH is 1. The van der Waals surface area contributed by atoms with Crippen LogP contribution in [0.2, 0.25) is 5.02 Å². The van der Waals surface area contributed by atoms with E-state index < -0.39 is 6.10 Å². The first-order valence-electron chi connectivity index (χ1n) is 5.98. The second-order valence-electron chi connectivity index (χ2n) is 4.73. The molecule has 1 aliphatic carbocycles. The molecule has 1 saturated carbocycles. The van der Waals surface area contributed by atoms with E-state index in [1.54, 1.807) is 0 Å². The van der Waals surface area contributed by atoms with Crippen LogP contribution in [0.4, 0.5) is 0 Å². The van der Waals surface area contributed by atoms with Crippen molar-refractivity contribution in [2.24, 2.45) is 11.7 Å². The lowest BCUT2D eigenvalue weighted by Crippen LogP contribution is -2.32. The molecule has 0 aromatic heterocycles. The molecule has 0 saturated heterocycles. The van der Waals surface area contributed by atoms with E-state index in [-0.39, 0.29) is 6.04 Å². The van der Waals surface area contributed by atoms with Crippen molar-refractivity contribution in [3.8, 4) is 0 Å². The summed E-state index contributed by atoms with van der Waals surface area (Å²) in [5.74, 6) is 0.340. The average Bonchev–Trinajstić information content (AvgIpc) is 2.80. The van der Waals surface area contributed by atoms with Gasteiger partial charge in [-0.3, -0.25) is 0 Å². The second kappa shape index (κ2) is 5.70. The number of aliphatic hydroxyl groups is 1. The van der Waals surface area contributed by atoms with E-state index in [0.29, 0.717) is 10.9 Å². The number of rotatable bonds is 3. The lowest BCUT2D eigenvalue weighted by Gasteiger charge is -2.25. The highest BCUT2D eigenvalue weighted by atomic mass is 79.9. The summed E-state index contributed by atoms with van der Waals surface area (Å²) < 4.78 is 0.870. The smallest absolute Gasteiger partial charge is 0.0761 e. The fourth-order valence-electron chi connectivity index (χ4n) is 2.55. The molecule has 0 heterocycles. The first kappa shape index (κ1) is 13.3. The summed E-state index contributed by atoms with van der Waals surface area (Å²) in [5.41, 5.74) is 7.07. The molecule has 1 aromatic carbocycles. The molecule has 2 nitrogen and oxygen atoms in total. The largest absolute Gasteiger partial charge is 0.391 e. The van der Waals surface area contributed by atoms with Crippen LogP contribution in [0.15, 0.2) is 22.7 Å². The fraction of sp³-hybridized carbons (Fsp3) is 0.538. The predicted octanol–water partition coefficient (Wildman–Crippen LogP) is 3.65. The lowest BCUT2D eigenvalue weighted by molar-refractivity contribution is 0.0843. The van der Waals surface area contributed by atoms with Crippen molar-refractivity contribution in [1.29, 1.82) is 0 Å². The van der Waals surface area contributed by atoms with Crippen molar-refractivity contribution in [1.82, 2.24) is 0 Å². The van der Waals surface area contributed by atoms with Crippen LogP contribution in [0.25, 0.3) is 0 Å². The molecule has 0 amide bonds. The van der Waals surface area contributed by atoms with E-state index in [2.05, 4.69) is 15.9 Å². The number of halogens is 2. The van der Waals surface area contributed by atoms with Gasteiger partial charge in [0.2, 0.25) is 0 Å². The molecular formula is C13H17BrClNO. The van der Waals surface area contributed by atoms with E-state index >= 15 is 0 Å². The molecule has 0 spiro atoms. The highest BCUT2D eigenvalue weighted by Crippen LogP contribution is 2.35. The quantitative estimate of drug-likeness (QED) is 0.893. The Morgan fingerprint density at radius 3 is 2.59 bits per heavy atom. The summed E-state index contributed by atoms with van der Waals surface area (Å²) >= 11 is 9.34. The SMILES string of the molecule is N[C@H](c1ccc(Cl)cc1Br)[C@@H](O)C1CCCC1. The summed E-state index contributed by atoms with van der Waals surface area (Å²) in [6.07, 6.45) is 4.11. The molecule has 1 aliphatic rings. The second-order valence-corrected chi connectivity index (χ2v) is 6.02. The van der Waals surface area contributed by atoms with E-state index in [1.807, 2.05) is 18.2 Å². The van der Waals surface area contributed by atoms with Gasteiger partial charge in [0.05, 0.1) is 12.1 Å². The topological polar surface area (TPSA) is 46.2 Å². The molecule has 4 heteroatoms. The van der Waals surface area contributed by atoms with Crippen LogP contribution in [0.5, 0.6) is 0 Å². The van der Waals surface area contributed by atoms with Gasteiger partial charge in [-0.05, 0) is 36.5 Å². The summed E-state index contributed by atoms with van der Waals surface area (Å²) in [7, 11) is 0. The minimum absolute atomic E-state index is 0.340. The first-order chi connectivity index (χ1) is 8.09. The Hall–Kier alpha value is -0.0900. The Kier molecular flexibility index (Phi) is 4.47. The minimum Gasteiger partial charge on any atom is -0.391 e. The van der Waals surface area contributed by atoms with Crippen LogP contribution >= 0.6 is 27.5 Å². The molecule has 0 bridgehead atoms. The molecule has 1 aromatic rings. The number of hydrogen-bond donors (Lipinski definition) is 2. The van der Waals surface area contributed by atoms with Crippen molar-refractivity contribution < 1.29 is 5.11 Å². The lowest BCUT2D eigenvalue weighted by atomic mass is 9.91. The predicted molar refractivity (Wildman–Crippen MR) is 74.0 cm³/mol.